The van der Waals surface area contributed by atoms with Crippen molar-refractivity contribution in [2.45, 2.75) is 20.5 Å². The van der Waals surface area contributed by atoms with Crippen molar-refractivity contribution in [1.29, 1.82) is 5.26 Å². The summed E-state index contributed by atoms with van der Waals surface area (Å²) in [5, 5.41) is 8.61. The minimum Gasteiger partial charge on any atom is -0.369 e. The van der Waals surface area contributed by atoms with Gasteiger partial charge in [-0.15, -0.1) is 0 Å². The highest BCUT2D eigenvalue weighted by molar-refractivity contribution is 5.81. The van der Waals surface area contributed by atoms with Gasteiger partial charge in [-0.2, -0.15) is 5.26 Å². The molecule has 0 aliphatic carbocycles. The lowest BCUT2D eigenvalue weighted by molar-refractivity contribution is -0.126. The topological polar surface area (TPSA) is 50.1 Å². The summed E-state index contributed by atoms with van der Waals surface area (Å²) >= 11 is 0. The molecule has 0 N–H and O–H groups in total. The molecule has 0 saturated heterocycles. The smallest absolute Gasteiger partial charge is 0.160 e. The van der Waals surface area contributed by atoms with Crippen LogP contribution in [0.2, 0.25) is 0 Å². The van der Waals surface area contributed by atoms with Gasteiger partial charge in [-0.25, -0.2) is 0 Å². The first-order valence-corrected chi connectivity index (χ1v) is 5.23. The van der Waals surface area contributed by atoms with Crippen LogP contribution >= 0.6 is 0 Å². The van der Waals surface area contributed by atoms with Crippen LogP contribution < -0.4 is 0 Å². The fraction of sp³-hybridized carbons (Fsp3) is 0.385. The van der Waals surface area contributed by atoms with E-state index >= 15 is 0 Å². The van der Waals surface area contributed by atoms with Gasteiger partial charge in [-0.1, -0.05) is 26.0 Å². The van der Waals surface area contributed by atoms with Gasteiger partial charge in [0.1, 0.15) is 6.61 Å². The van der Waals surface area contributed by atoms with E-state index in [1.807, 2.05) is 32.0 Å². The molecule has 3 heteroatoms. The number of carbonyl (C=O) groups is 1. The molecule has 0 spiro atoms. The van der Waals surface area contributed by atoms with Crippen molar-refractivity contribution in [2.75, 3.05) is 6.61 Å². The molecule has 0 aromatic heterocycles. The number of carbonyl (C=O) groups excluding carboxylic acids is 1. The molecular weight excluding hydrogens is 202 g/mol. The minimum absolute atomic E-state index is 0.0148. The Kier molecular flexibility index (Phi) is 4.68. The van der Waals surface area contributed by atoms with E-state index in [1.54, 1.807) is 12.1 Å². The largest absolute Gasteiger partial charge is 0.369 e. The fourth-order valence-corrected chi connectivity index (χ4v) is 1.11. The lowest BCUT2D eigenvalue weighted by Crippen LogP contribution is -2.14. The highest BCUT2D eigenvalue weighted by atomic mass is 16.5. The Morgan fingerprint density at radius 1 is 1.38 bits per heavy atom. The van der Waals surface area contributed by atoms with Gasteiger partial charge in [-0.3, -0.25) is 4.79 Å². The second-order valence-corrected chi connectivity index (χ2v) is 3.92. The fourth-order valence-electron chi connectivity index (χ4n) is 1.11. The van der Waals surface area contributed by atoms with Gasteiger partial charge in [-0.05, 0) is 17.7 Å². The third kappa shape index (κ3) is 3.84. The molecule has 1 aromatic carbocycles. The molecule has 0 heterocycles. The molecule has 0 fully saturated rings. The van der Waals surface area contributed by atoms with E-state index in [0.717, 1.165) is 5.56 Å². The summed E-state index contributed by atoms with van der Waals surface area (Å²) in [6.07, 6.45) is 0. The minimum atomic E-state index is 0.0148. The Morgan fingerprint density at radius 2 is 2.00 bits per heavy atom. The summed E-state index contributed by atoms with van der Waals surface area (Å²) in [6, 6.07) is 9.19. The standard InChI is InChI=1S/C13H15NO2/c1-10(2)13(15)9-16-8-12-5-3-11(7-14)4-6-12/h3-6,10H,8-9H2,1-2H3. The molecule has 3 nitrogen and oxygen atoms in total. The average molecular weight is 217 g/mol. The molecule has 1 rings (SSSR count). The van der Waals surface area contributed by atoms with Crippen LogP contribution in [0.25, 0.3) is 0 Å². The number of benzene rings is 1. The number of ketones is 1. The van der Waals surface area contributed by atoms with Crippen molar-refractivity contribution in [3.63, 3.8) is 0 Å². The van der Waals surface area contributed by atoms with Crippen LogP contribution in [-0.2, 0) is 16.1 Å². The van der Waals surface area contributed by atoms with E-state index in [9.17, 15) is 4.79 Å². The maximum atomic E-state index is 11.3. The number of hydrogen-bond donors (Lipinski definition) is 0. The van der Waals surface area contributed by atoms with E-state index in [1.165, 1.54) is 0 Å². The molecule has 0 aliphatic rings. The van der Waals surface area contributed by atoms with Gasteiger partial charge < -0.3 is 4.74 Å². The zero-order valence-electron chi connectivity index (χ0n) is 9.56. The first kappa shape index (κ1) is 12.4. The zero-order valence-corrected chi connectivity index (χ0v) is 9.56. The van der Waals surface area contributed by atoms with Crippen molar-refractivity contribution in [3.8, 4) is 6.07 Å². The maximum absolute atomic E-state index is 11.3. The monoisotopic (exact) mass is 217 g/mol. The molecule has 0 amide bonds. The lowest BCUT2D eigenvalue weighted by atomic mass is 10.1. The second kappa shape index (κ2) is 6.04. The van der Waals surface area contributed by atoms with E-state index in [-0.39, 0.29) is 18.3 Å². The summed E-state index contributed by atoms with van der Waals surface area (Å²) in [4.78, 5) is 11.3. The highest BCUT2D eigenvalue weighted by Crippen LogP contribution is 2.05. The van der Waals surface area contributed by atoms with E-state index in [2.05, 4.69) is 0 Å². The summed E-state index contributed by atoms with van der Waals surface area (Å²) in [5.74, 6) is 0.120. The predicted octanol–water partition coefficient (Wildman–Crippen LogP) is 2.30. The number of nitriles is 1. The Bertz CT molecular complexity index is 387. The van der Waals surface area contributed by atoms with Gasteiger partial charge in [0.2, 0.25) is 0 Å². The van der Waals surface area contributed by atoms with Crippen molar-refractivity contribution >= 4 is 5.78 Å². The number of hydrogen-bond acceptors (Lipinski definition) is 3. The Labute approximate surface area is 95.7 Å². The molecule has 0 atom stereocenters. The maximum Gasteiger partial charge on any atom is 0.160 e. The lowest BCUT2D eigenvalue weighted by Gasteiger charge is -2.05. The number of rotatable bonds is 5. The summed E-state index contributed by atoms with van der Waals surface area (Å²) in [7, 11) is 0. The molecule has 0 bridgehead atoms. The molecule has 0 radical (unpaired) electrons. The third-order valence-corrected chi connectivity index (χ3v) is 2.24. The van der Waals surface area contributed by atoms with Crippen LogP contribution in [-0.4, -0.2) is 12.4 Å². The van der Waals surface area contributed by atoms with Crippen molar-refractivity contribution in [3.05, 3.63) is 35.4 Å². The van der Waals surface area contributed by atoms with Gasteiger partial charge in [0.05, 0.1) is 18.2 Å². The van der Waals surface area contributed by atoms with E-state index in [4.69, 9.17) is 10.00 Å². The Hall–Kier alpha value is -1.66. The Morgan fingerprint density at radius 3 is 2.50 bits per heavy atom. The zero-order chi connectivity index (χ0) is 12.0. The molecule has 0 saturated carbocycles. The molecule has 0 unspecified atom stereocenters. The molecule has 84 valence electrons. The Balaban J connectivity index is 2.38. The van der Waals surface area contributed by atoms with Crippen molar-refractivity contribution in [1.82, 2.24) is 0 Å². The van der Waals surface area contributed by atoms with Gasteiger partial charge in [0.15, 0.2) is 5.78 Å². The highest BCUT2D eigenvalue weighted by Gasteiger charge is 2.06. The number of ether oxygens (including phenoxy) is 1. The second-order valence-electron chi connectivity index (χ2n) is 3.92. The molecule has 0 aliphatic heterocycles. The van der Waals surface area contributed by atoms with E-state index < -0.39 is 0 Å². The quantitative estimate of drug-likeness (QED) is 0.760. The third-order valence-electron chi connectivity index (χ3n) is 2.24. The van der Waals surface area contributed by atoms with Gasteiger partial charge in [0.25, 0.3) is 0 Å². The summed E-state index contributed by atoms with van der Waals surface area (Å²) in [5.41, 5.74) is 1.59. The van der Waals surface area contributed by atoms with Crippen LogP contribution in [0.1, 0.15) is 25.0 Å². The van der Waals surface area contributed by atoms with Crippen LogP contribution in [0.15, 0.2) is 24.3 Å². The average Bonchev–Trinajstić information content (AvgIpc) is 2.29. The van der Waals surface area contributed by atoms with Gasteiger partial charge in [0, 0.05) is 5.92 Å². The van der Waals surface area contributed by atoms with Crippen LogP contribution in [0.3, 0.4) is 0 Å². The molecule has 16 heavy (non-hydrogen) atoms. The molecule has 1 aromatic rings. The normalized spacial score (nSPS) is 10.1. The number of Topliss-reactive ketones (excluding diaryl/α,β-unsaturated/α-hetero) is 1. The summed E-state index contributed by atoms with van der Waals surface area (Å²) < 4.78 is 5.28. The van der Waals surface area contributed by atoms with Crippen LogP contribution in [0.5, 0.6) is 0 Å². The summed E-state index contributed by atoms with van der Waals surface area (Å²) in [6.45, 7) is 4.27. The predicted molar refractivity (Wildman–Crippen MR) is 60.7 cm³/mol. The first-order chi connectivity index (χ1) is 7.63. The number of nitrogens with zero attached hydrogens (tertiary/aromatic N) is 1. The van der Waals surface area contributed by atoms with Crippen LogP contribution in [0.4, 0.5) is 0 Å². The van der Waals surface area contributed by atoms with Crippen LogP contribution in [0, 0.1) is 17.2 Å². The van der Waals surface area contributed by atoms with Gasteiger partial charge >= 0.3 is 0 Å². The van der Waals surface area contributed by atoms with Crippen molar-refractivity contribution < 1.29 is 9.53 Å². The first-order valence-electron chi connectivity index (χ1n) is 5.23. The molecular formula is C13H15NO2. The van der Waals surface area contributed by atoms with E-state index in [0.29, 0.717) is 12.2 Å². The van der Waals surface area contributed by atoms with Crippen molar-refractivity contribution in [2.24, 2.45) is 5.92 Å². The SMILES string of the molecule is CC(C)C(=O)COCc1ccc(C#N)cc1.